The maximum absolute atomic E-state index is 7.10. The maximum Gasteiger partial charge on any atom is 0.159 e. The van der Waals surface area contributed by atoms with Crippen LogP contribution in [0.1, 0.15) is 11.1 Å². The highest BCUT2D eigenvalue weighted by molar-refractivity contribution is 6.29. The number of nitrogens with zero attached hydrogens (tertiary/aromatic N) is 2. The smallest absolute Gasteiger partial charge is 0.159 e. The first-order valence-electron chi connectivity index (χ1n) is 21.9. The lowest BCUT2D eigenvalue weighted by molar-refractivity contribution is 0.666. The SMILES string of the molecule is Cc1ccccc1-c1cccc2c1oc1c(N(c3ccccc3)c3ccc4ccc5c(N(c6ccccc6)c6cccc7c6oc6c(C)cccc67)ccc6ccc3c4c65)cccc12. The molecule has 0 radical (unpaired) electrons. The van der Waals surface area contributed by atoms with Crippen LogP contribution in [-0.2, 0) is 0 Å². The van der Waals surface area contributed by atoms with E-state index in [1.165, 1.54) is 32.7 Å². The average Bonchev–Trinajstić information content (AvgIpc) is 3.93. The summed E-state index contributed by atoms with van der Waals surface area (Å²) in [4.78, 5) is 4.75. The molecule has 64 heavy (non-hydrogen) atoms. The van der Waals surface area contributed by atoms with E-state index in [0.717, 1.165) is 99.9 Å². The molecule has 13 aromatic rings. The lowest BCUT2D eigenvalue weighted by Gasteiger charge is -2.29. The predicted molar refractivity (Wildman–Crippen MR) is 269 cm³/mol. The molecule has 0 aliphatic heterocycles. The van der Waals surface area contributed by atoms with Crippen molar-refractivity contribution in [3.05, 3.63) is 217 Å². The largest absolute Gasteiger partial charge is 0.454 e. The second-order valence-electron chi connectivity index (χ2n) is 16.9. The summed E-state index contributed by atoms with van der Waals surface area (Å²) in [6.45, 7) is 4.28. The van der Waals surface area contributed by atoms with Crippen molar-refractivity contribution in [3.63, 3.8) is 0 Å². The number of rotatable bonds is 7. The summed E-state index contributed by atoms with van der Waals surface area (Å²) in [5, 5.41) is 11.6. The number of furan rings is 2. The van der Waals surface area contributed by atoms with Crippen molar-refractivity contribution in [1.82, 2.24) is 0 Å². The van der Waals surface area contributed by atoms with Gasteiger partial charge in [-0.25, -0.2) is 0 Å². The molecule has 0 saturated carbocycles. The van der Waals surface area contributed by atoms with Crippen molar-refractivity contribution in [2.75, 3.05) is 9.80 Å². The van der Waals surface area contributed by atoms with Gasteiger partial charge in [0.05, 0.1) is 22.7 Å². The first-order valence-corrected chi connectivity index (χ1v) is 21.9. The quantitative estimate of drug-likeness (QED) is 0.150. The van der Waals surface area contributed by atoms with Gasteiger partial charge >= 0.3 is 0 Å². The molecule has 4 heteroatoms. The van der Waals surface area contributed by atoms with E-state index in [1.54, 1.807) is 0 Å². The fraction of sp³-hybridized carbons (Fsp3) is 0.0333. The van der Waals surface area contributed by atoms with Crippen LogP contribution in [0.25, 0.3) is 87.3 Å². The first-order chi connectivity index (χ1) is 31.6. The van der Waals surface area contributed by atoms with Crippen LogP contribution < -0.4 is 9.80 Å². The fourth-order valence-electron chi connectivity index (χ4n) is 10.3. The molecule has 0 bridgehead atoms. The van der Waals surface area contributed by atoms with Crippen molar-refractivity contribution < 1.29 is 8.83 Å². The van der Waals surface area contributed by atoms with E-state index in [-0.39, 0.29) is 0 Å². The Bertz CT molecular complexity index is 3940. The van der Waals surface area contributed by atoms with Gasteiger partial charge in [-0.3, -0.25) is 0 Å². The predicted octanol–water partition coefficient (Wildman–Crippen LogP) is 17.6. The van der Waals surface area contributed by atoms with Crippen molar-refractivity contribution in [2.45, 2.75) is 13.8 Å². The molecule has 2 heterocycles. The van der Waals surface area contributed by atoms with Crippen LogP contribution in [-0.4, -0.2) is 0 Å². The van der Waals surface area contributed by atoms with Gasteiger partial charge in [0.15, 0.2) is 11.2 Å². The molecule has 0 amide bonds. The van der Waals surface area contributed by atoms with E-state index in [9.17, 15) is 0 Å². The van der Waals surface area contributed by atoms with Crippen molar-refractivity contribution in [2.24, 2.45) is 0 Å². The number of aryl methyl sites for hydroxylation is 2. The monoisotopic (exact) mass is 820 g/mol. The van der Waals surface area contributed by atoms with Crippen LogP contribution in [0.15, 0.2) is 215 Å². The van der Waals surface area contributed by atoms with E-state index in [4.69, 9.17) is 8.83 Å². The molecule has 0 aliphatic carbocycles. The van der Waals surface area contributed by atoms with E-state index in [2.05, 4.69) is 230 Å². The van der Waals surface area contributed by atoms with Gasteiger partial charge in [0.1, 0.15) is 11.2 Å². The van der Waals surface area contributed by atoms with Gasteiger partial charge in [-0.15, -0.1) is 0 Å². The minimum atomic E-state index is 0.851. The Morgan fingerprint density at radius 1 is 0.281 bits per heavy atom. The van der Waals surface area contributed by atoms with Crippen LogP contribution >= 0.6 is 0 Å². The Labute approximate surface area is 369 Å². The highest BCUT2D eigenvalue weighted by Gasteiger charge is 2.26. The van der Waals surface area contributed by atoms with E-state index in [0.29, 0.717) is 0 Å². The summed E-state index contributed by atoms with van der Waals surface area (Å²) in [6, 6.07) is 74.1. The summed E-state index contributed by atoms with van der Waals surface area (Å²) in [5.74, 6) is 0. The third kappa shape index (κ3) is 5.36. The van der Waals surface area contributed by atoms with Gasteiger partial charge in [0.25, 0.3) is 0 Å². The van der Waals surface area contributed by atoms with Crippen molar-refractivity contribution in [1.29, 1.82) is 0 Å². The Morgan fingerprint density at radius 2 is 0.703 bits per heavy atom. The topological polar surface area (TPSA) is 32.8 Å². The third-order valence-electron chi connectivity index (χ3n) is 13.3. The number of fused-ring (bicyclic) bond motifs is 6. The molecule has 0 aliphatic rings. The molecule has 0 spiro atoms. The lowest BCUT2D eigenvalue weighted by atomic mass is 9.91. The Hall–Kier alpha value is -8.34. The zero-order chi connectivity index (χ0) is 42.5. The number of hydrogen-bond donors (Lipinski definition) is 0. The lowest BCUT2D eigenvalue weighted by Crippen LogP contribution is -2.11. The first kappa shape index (κ1) is 36.3. The highest BCUT2D eigenvalue weighted by atomic mass is 16.3. The van der Waals surface area contributed by atoms with Crippen LogP contribution in [0, 0.1) is 13.8 Å². The molecule has 2 aromatic heterocycles. The zero-order valence-corrected chi connectivity index (χ0v) is 35.3. The normalized spacial score (nSPS) is 11.9. The zero-order valence-electron chi connectivity index (χ0n) is 35.3. The van der Waals surface area contributed by atoms with Crippen LogP contribution in [0.2, 0.25) is 0 Å². The van der Waals surface area contributed by atoms with E-state index in [1.807, 2.05) is 0 Å². The average molecular weight is 821 g/mol. The second-order valence-corrected chi connectivity index (χ2v) is 16.9. The second kappa shape index (κ2) is 14.1. The van der Waals surface area contributed by atoms with Crippen LogP contribution in [0.5, 0.6) is 0 Å². The Morgan fingerprint density at radius 3 is 1.27 bits per heavy atom. The molecule has 0 N–H and O–H groups in total. The Balaban J connectivity index is 1.06. The third-order valence-corrected chi connectivity index (χ3v) is 13.3. The molecule has 302 valence electrons. The summed E-state index contributed by atoms with van der Waals surface area (Å²) in [5.41, 5.74) is 14.4. The number of para-hydroxylation sites is 6. The molecule has 13 rings (SSSR count). The van der Waals surface area contributed by atoms with Crippen LogP contribution in [0.3, 0.4) is 0 Å². The standard InChI is InChI=1S/C60H40N2O2/c1-37-15-9-10-21-43(37)44-23-12-24-46-48-26-14-28-54(60(48)64-58(44)46)62(42-19-7-4-8-20-42)52-36-32-40-29-33-49-51(35-31-39-30-34-50(52)56(40)55(39)49)61(41-17-5-3-6-18-41)53-27-13-25-47-45-22-11-16-38(2)57(45)63-59(47)53/h3-36H,1-2H3. The maximum atomic E-state index is 7.10. The molecule has 4 nitrogen and oxygen atoms in total. The van der Waals surface area contributed by atoms with Gasteiger partial charge in [-0.05, 0) is 101 Å². The minimum Gasteiger partial charge on any atom is -0.454 e. The summed E-state index contributed by atoms with van der Waals surface area (Å²) < 4.78 is 13.9. The minimum absolute atomic E-state index is 0.851. The molecule has 0 saturated heterocycles. The molecule has 0 unspecified atom stereocenters. The van der Waals surface area contributed by atoms with Gasteiger partial charge < -0.3 is 18.6 Å². The molecule has 0 fully saturated rings. The molecular weight excluding hydrogens is 781 g/mol. The van der Waals surface area contributed by atoms with Gasteiger partial charge in [-0.2, -0.15) is 0 Å². The van der Waals surface area contributed by atoms with E-state index >= 15 is 0 Å². The molecular formula is C60H40N2O2. The fourth-order valence-corrected chi connectivity index (χ4v) is 10.3. The van der Waals surface area contributed by atoms with E-state index < -0.39 is 0 Å². The Kier molecular flexibility index (Phi) is 8.00. The molecule has 0 atom stereocenters. The number of hydrogen-bond acceptors (Lipinski definition) is 4. The van der Waals surface area contributed by atoms with Gasteiger partial charge in [0, 0.05) is 49.3 Å². The van der Waals surface area contributed by atoms with Crippen molar-refractivity contribution >= 4 is 110 Å². The number of benzene rings is 11. The van der Waals surface area contributed by atoms with Gasteiger partial charge in [-0.1, -0.05) is 158 Å². The highest BCUT2D eigenvalue weighted by Crippen LogP contribution is 2.51. The summed E-state index contributed by atoms with van der Waals surface area (Å²) >= 11 is 0. The summed E-state index contributed by atoms with van der Waals surface area (Å²) in [6.07, 6.45) is 0. The van der Waals surface area contributed by atoms with Gasteiger partial charge in [0.2, 0.25) is 0 Å². The van der Waals surface area contributed by atoms with Crippen molar-refractivity contribution in [3.8, 4) is 11.1 Å². The number of anilines is 6. The van der Waals surface area contributed by atoms with Crippen LogP contribution in [0.4, 0.5) is 34.1 Å². The molecule has 11 aromatic carbocycles. The summed E-state index contributed by atoms with van der Waals surface area (Å²) in [7, 11) is 0.